The molecule has 1 amide bonds. The number of anilines is 1. The Bertz CT molecular complexity index is 493. The zero-order valence-corrected chi connectivity index (χ0v) is 12.3. The van der Waals surface area contributed by atoms with Crippen molar-refractivity contribution in [2.75, 3.05) is 18.4 Å². The molecule has 1 heterocycles. The highest BCUT2D eigenvalue weighted by Crippen LogP contribution is 2.15. The number of nitrogens with one attached hydrogen (secondary N) is 1. The van der Waals surface area contributed by atoms with Crippen LogP contribution in [0.3, 0.4) is 0 Å². The van der Waals surface area contributed by atoms with E-state index in [0.29, 0.717) is 4.99 Å². The van der Waals surface area contributed by atoms with E-state index in [4.69, 9.17) is 12.2 Å². The van der Waals surface area contributed by atoms with Crippen molar-refractivity contribution in [3.05, 3.63) is 29.3 Å². The van der Waals surface area contributed by atoms with Crippen LogP contribution in [0.15, 0.2) is 18.2 Å². The van der Waals surface area contributed by atoms with Gasteiger partial charge < -0.3 is 10.2 Å². The minimum atomic E-state index is -0.167. The van der Waals surface area contributed by atoms with Crippen LogP contribution in [0.5, 0.6) is 0 Å². The third kappa shape index (κ3) is 3.53. The van der Waals surface area contributed by atoms with E-state index in [0.717, 1.165) is 31.6 Å². The average molecular weight is 276 g/mol. The van der Waals surface area contributed by atoms with Gasteiger partial charge in [-0.2, -0.15) is 0 Å². The molecule has 0 spiro atoms. The maximum Gasteiger partial charge on any atom is 0.283 e. The van der Waals surface area contributed by atoms with Gasteiger partial charge in [-0.05, 0) is 56.4 Å². The molecule has 0 aliphatic carbocycles. The molecule has 0 bridgehead atoms. The first-order valence-corrected chi connectivity index (χ1v) is 7.16. The lowest BCUT2D eigenvalue weighted by Crippen LogP contribution is -2.41. The third-order valence-corrected chi connectivity index (χ3v) is 4.05. The molecule has 1 aliphatic heterocycles. The molecule has 102 valence electrons. The van der Waals surface area contributed by atoms with E-state index in [1.807, 2.05) is 30.0 Å². The Morgan fingerprint density at radius 2 is 1.84 bits per heavy atom. The first kappa shape index (κ1) is 14.0. The SMILES string of the molecule is Cc1ccc(NC(=O)C(=S)N2CCCCC2)cc1C. The third-order valence-electron chi connectivity index (χ3n) is 3.60. The lowest BCUT2D eigenvalue weighted by atomic mass is 10.1. The number of benzene rings is 1. The van der Waals surface area contributed by atoms with Crippen molar-refractivity contribution in [3.8, 4) is 0 Å². The van der Waals surface area contributed by atoms with E-state index in [2.05, 4.69) is 12.2 Å². The largest absolute Gasteiger partial charge is 0.358 e. The molecule has 4 heteroatoms. The van der Waals surface area contributed by atoms with E-state index in [1.165, 1.54) is 17.5 Å². The Balaban J connectivity index is 1.99. The van der Waals surface area contributed by atoms with Crippen molar-refractivity contribution >= 4 is 28.8 Å². The second-order valence-corrected chi connectivity index (χ2v) is 5.49. The van der Waals surface area contributed by atoms with Gasteiger partial charge in [0.1, 0.15) is 0 Å². The summed E-state index contributed by atoms with van der Waals surface area (Å²) in [5.41, 5.74) is 3.20. The molecule has 0 saturated carbocycles. The quantitative estimate of drug-likeness (QED) is 0.800. The van der Waals surface area contributed by atoms with Crippen LogP contribution in [0, 0.1) is 13.8 Å². The summed E-state index contributed by atoms with van der Waals surface area (Å²) < 4.78 is 0. The highest BCUT2D eigenvalue weighted by molar-refractivity contribution is 7.82. The lowest BCUT2D eigenvalue weighted by molar-refractivity contribution is -0.110. The van der Waals surface area contributed by atoms with E-state index >= 15 is 0 Å². The summed E-state index contributed by atoms with van der Waals surface area (Å²) in [5.74, 6) is -0.167. The molecular weight excluding hydrogens is 256 g/mol. The lowest BCUT2D eigenvalue weighted by Gasteiger charge is -2.28. The normalized spacial score (nSPS) is 15.2. The standard InChI is InChI=1S/C15H20N2OS/c1-11-6-7-13(10-12(11)2)16-14(18)15(19)17-8-4-3-5-9-17/h6-7,10H,3-5,8-9H2,1-2H3,(H,16,18). The van der Waals surface area contributed by atoms with Crippen molar-refractivity contribution in [2.45, 2.75) is 33.1 Å². The number of nitrogens with zero attached hydrogens (tertiary/aromatic N) is 1. The van der Waals surface area contributed by atoms with Gasteiger partial charge in [0.25, 0.3) is 5.91 Å². The molecule has 1 fully saturated rings. The molecule has 1 aliphatic rings. The van der Waals surface area contributed by atoms with Crippen molar-refractivity contribution in [1.29, 1.82) is 0 Å². The van der Waals surface area contributed by atoms with Crippen LogP contribution in [0.1, 0.15) is 30.4 Å². The molecule has 1 saturated heterocycles. The van der Waals surface area contributed by atoms with Gasteiger partial charge in [0, 0.05) is 18.8 Å². The Kier molecular flexibility index (Phi) is 4.53. The van der Waals surface area contributed by atoms with Crippen LogP contribution in [0.25, 0.3) is 0 Å². The number of aryl methyl sites for hydroxylation is 2. The summed E-state index contributed by atoms with van der Waals surface area (Å²) in [5, 5.41) is 2.89. The van der Waals surface area contributed by atoms with E-state index < -0.39 is 0 Å². The van der Waals surface area contributed by atoms with Gasteiger partial charge in [-0.25, -0.2) is 0 Å². The Morgan fingerprint density at radius 1 is 1.16 bits per heavy atom. The van der Waals surface area contributed by atoms with E-state index in [-0.39, 0.29) is 5.91 Å². The number of hydrogen-bond donors (Lipinski definition) is 1. The predicted molar refractivity (Wildman–Crippen MR) is 82.6 cm³/mol. The summed E-state index contributed by atoms with van der Waals surface area (Å²) in [6.45, 7) is 5.89. The molecule has 1 N–H and O–H groups in total. The van der Waals surface area contributed by atoms with Gasteiger partial charge in [0.15, 0.2) is 4.99 Å². The summed E-state index contributed by atoms with van der Waals surface area (Å²) >= 11 is 5.27. The molecule has 2 rings (SSSR count). The fourth-order valence-electron chi connectivity index (χ4n) is 2.24. The van der Waals surface area contributed by atoms with Crippen molar-refractivity contribution in [3.63, 3.8) is 0 Å². The van der Waals surface area contributed by atoms with Gasteiger partial charge in [0.05, 0.1) is 0 Å². The first-order chi connectivity index (χ1) is 9.08. The molecule has 1 aromatic carbocycles. The van der Waals surface area contributed by atoms with Crippen molar-refractivity contribution in [2.24, 2.45) is 0 Å². The van der Waals surface area contributed by atoms with Gasteiger partial charge in [-0.1, -0.05) is 18.3 Å². The fourth-order valence-corrected chi connectivity index (χ4v) is 2.48. The Morgan fingerprint density at radius 3 is 2.47 bits per heavy atom. The van der Waals surface area contributed by atoms with Crippen LogP contribution >= 0.6 is 12.2 Å². The molecule has 3 nitrogen and oxygen atoms in total. The van der Waals surface area contributed by atoms with Crippen LogP contribution in [-0.4, -0.2) is 28.9 Å². The summed E-state index contributed by atoms with van der Waals surface area (Å²) in [6.07, 6.45) is 3.48. The first-order valence-electron chi connectivity index (χ1n) is 6.75. The number of likely N-dealkylation sites (tertiary alicyclic amines) is 1. The second-order valence-electron chi connectivity index (χ2n) is 5.11. The van der Waals surface area contributed by atoms with Crippen molar-refractivity contribution in [1.82, 2.24) is 4.90 Å². The summed E-state index contributed by atoms with van der Waals surface area (Å²) in [7, 11) is 0. The molecular formula is C15H20N2OS. The molecule has 1 aromatic rings. The maximum atomic E-state index is 12.1. The Labute approximate surface area is 120 Å². The highest BCUT2D eigenvalue weighted by Gasteiger charge is 2.19. The number of carbonyl (C=O) groups excluding carboxylic acids is 1. The van der Waals surface area contributed by atoms with Crippen LogP contribution in [0.2, 0.25) is 0 Å². The number of amides is 1. The number of hydrogen-bond acceptors (Lipinski definition) is 2. The second kappa shape index (κ2) is 6.15. The predicted octanol–water partition coefficient (Wildman–Crippen LogP) is 3.06. The molecule has 19 heavy (non-hydrogen) atoms. The van der Waals surface area contributed by atoms with Crippen LogP contribution in [0.4, 0.5) is 5.69 Å². The topological polar surface area (TPSA) is 32.3 Å². The zero-order valence-electron chi connectivity index (χ0n) is 11.5. The zero-order chi connectivity index (χ0) is 13.8. The van der Waals surface area contributed by atoms with Gasteiger partial charge in [-0.3, -0.25) is 4.79 Å². The Hall–Kier alpha value is -1.42. The van der Waals surface area contributed by atoms with Gasteiger partial charge >= 0.3 is 0 Å². The van der Waals surface area contributed by atoms with Crippen LogP contribution < -0.4 is 5.32 Å². The smallest absolute Gasteiger partial charge is 0.283 e. The average Bonchev–Trinajstić information content (AvgIpc) is 2.43. The monoisotopic (exact) mass is 276 g/mol. The number of piperidine rings is 1. The molecule has 0 atom stereocenters. The van der Waals surface area contributed by atoms with E-state index in [9.17, 15) is 4.79 Å². The van der Waals surface area contributed by atoms with Crippen LogP contribution in [-0.2, 0) is 4.79 Å². The molecule has 0 unspecified atom stereocenters. The van der Waals surface area contributed by atoms with E-state index in [1.54, 1.807) is 0 Å². The minimum Gasteiger partial charge on any atom is -0.358 e. The molecule has 0 aromatic heterocycles. The van der Waals surface area contributed by atoms with Crippen molar-refractivity contribution < 1.29 is 4.79 Å². The molecule has 0 radical (unpaired) electrons. The number of rotatable bonds is 1. The summed E-state index contributed by atoms with van der Waals surface area (Å²) in [6, 6.07) is 5.90. The number of thiocarbonyl (C=S) groups is 1. The van der Waals surface area contributed by atoms with Gasteiger partial charge in [-0.15, -0.1) is 0 Å². The summed E-state index contributed by atoms with van der Waals surface area (Å²) in [4.78, 5) is 14.5. The minimum absolute atomic E-state index is 0.167. The highest BCUT2D eigenvalue weighted by atomic mass is 32.1. The van der Waals surface area contributed by atoms with Gasteiger partial charge in [0.2, 0.25) is 0 Å². The fraction of sp³-hybridized carbons (Fsp3) is 0.467. The number of carbonyl (C=O) groups is 1. The maximum absolute atomic E-state index is 12.1.